The molecule has 0 atom stereocenters. The molecule has 152 valence electrons. The Kier molecular flexibility index (Phi) is 5.42. The third-order valence-electron chi connectivity index (χ3n) is 4.96. The van der Waals surface area contributed by atoms with E-state index < -0.39 is 9.84 Å². The van der Waals surface area contributed by atoms with Gasteiger partial charge in [0.2, 0.25) is 9.84 Å². The molecule has 0 spiro atoms. The van der Waals surface area contributed by atoms with E-state index in [0.717, 1.165) is 27.8 Å². The Balaban J connectivity index is 1.82. The van der Waals surface area contributed by atoms with Crippen molar-refractivity contribution in [3.8, 4) is 5.75 Å². The quantitative estimate of drug-likeness (QED) is 0.477. The van der Waals surface area contributed by atoms with Gasteiger partial charge >= 0.3 is 0 Å². The molecule has 5 nitrogen and oxygen atoms in total. The molecule has 6 heteroatoms. The van der Waals surface area contributed by atoms with E-state index in [2.05, 4.69) is 10.3 Å². The van der Waals surface area contributed by atoms with Crippen molar-refractivity contribution < 1.29 is 13.2 Å². The number of methoxy groups -OCH3 is 1. The summed E-state index contributed by atoms with van der Waals surface area (Å²) >= 11 is 0. The van der Waals surface area contributed by atoms with Gasteiger partial charge in [-0.3, -0.25) is 4.98 Å². The van der Waals surface area contributed by atoms with Crippen LogP contribution in [0.15, 0.2) is 88.8 Å². The summed E-state index contributed by atoms with van der Waals surface area (Å²) < 4.78 is 32.0. The van der Waals surface area contributed by atoms with Crippen molar-refractivity contribution in [3.05, 3.63) is 90.1 Å². The van der Waals surface area contributed by atoms with Crippen LogP contribution in [0.1, 0.15) is 11.1 Å². The monoisotopic (exact) mass is 418 g/mol. The number of nitrogens with one attached hydrogen (secondary N) is 1. The minimum Gasteiger partial charge on any atom is -0.497 e. The summed E-state index contributed by atoms with van der Waals surface area (Å²) in [6, 6.07) is 21.9. The summed E-state index contributed by atoms with van der Waals surface area (Å²) in [6.07, 6.45) is 1.44. The Morgan fingerprint density at radius 2 is 1.70 bits per heavy atom. The van der Waals surface area contributed by atoms with Gasteiger partial charge in [-0.1, -0.05) is 42.0 Å². The average molecular weight is 419 g/mol. The molecule has 1 heterocycles. The summed E-state index contributed by atoms with van der Waals surface area (Å²) in [4.78, 5) is 4.83. The number of rotatable bonds is 6. The highest BCUT2D eigenvalue weighted by molar-refractivity contribution is 7.91. The fraction of sp³-hybridized carbons (Fsp3) is 0.125. The van der Waals surface area contributed by atoms with Crippen molar-refractivity contribution in [2.24, 2.45) is 0 Å². The summed E-state index contributed by atoms with van der Waals surface area (Å²) in [5.41, 5.74) is 3.34. The van der Waals surface area contributed by atoms with Gasteiger partial charge in [-0.05, 0) is 48.9 Å². The zero-order valence-corrected chi connectivity index (χ0v) is 17.6. The number of fused-ring (bicyclic) bond motifs is 1. The fourth-order valence-electron chi connectivity index (χ4n) is 3.33. The third kappa shape index (κ3) is 3.86. The predicted molar refractivity (Wildman–Crippen MR) is 119 cm³/mol. The van der Waals surface area contributed by atoms with Gasteiger partial charge in [-0.15, -0.1) is 0 Å². The highest BCUT2D eigenvalue weighted by Crippen LogP contribution is 2.34. The van der Waals surface area contributed by atoms with Crippen molar-refractivity contribution in [2.75, 3.05) is 12.4 Å². The molecule has 0 fully saturated rings. The molecule has 0 amide bonds. The van der Waals surface area contributed by atoms with Gasteiger partial charge < -0.3 is 10.1 Å². The number of anilines is 1. The van der Waals surface area contributed by atoms with Crippen LogP contribution in [0.3, 0.4) is 0 Å². The van der Waals surface area contributed by atoms with Gasteiger partial charge in [-0.2, -0.15) is 0 Å². The van der Waals surface area contributed by atoms with Crippen LogP contribution in [-0.2, 0) is 16.4 Å². The first-order valence-electron chi connectivity index (χ1n) is 9.55. The van der Waals surface area contributed by atoms with E-state index >= 15 is 0 Å². The van der Waals surface area contributed by atoms with Gasteiger partial charge in [0.15, 0.2) is 0 Å². The van der Waals surface area contributed by atoms with Crippen LogP contribution < -0.4 is 10.1 Å². The van der Waals surface area contributed by atoms with Gasteiger partial charge in [0.1, 0.15) is 10.6 Å². The lowest BCUT2D eigenvalue weighted by atomic mass is 10.1. The van der Waals surface area contributed by atoms with Crippen LogP contribution in [0.4, 0.5) is 5.69 Å². The van der Waals surface area contributed by atoms with Gasteiger partial charge in [0.05, 0.1) is 23.2 Å². The molecule has 4 aromatic rings. The summed E-state index contributed by atoms with van der Waals surface area (Å²) in [7, 11) is -2.11. The van der Waals surface area contributed by atoms with Crippen LogP contribution in [0, 0.1) is 6.92 Å². The topological polar surface area (TPSA) is 68.3 Å². The number of nitrogens with zero attached hydrogens (tertiary/aromatic N) is 1. The van der Waals surface area contributed by atoms with Gasteiger partial charge in [-0.25, -0.2) is 8.42 Å². The van der Waals surface area contributed by atoms with Crippen molar-refractivity contribution in [2.45, 2.75) is 23.3 Å². The van der Waals surface area contributed by atoms with Gasteiger partial charge in [0.25, 0.3) is 0 Å². The number of hydrogen-bond donors (Lipinski definition) is 1. The maximum absolute atomic E-state index is 13.4. The minimum atomic E-state index is -3.73. The van der Waals surface area contributed by atoms with E-state index in [1.165, 1.54) is 6.20 Å². The minimum absolute atomic E-state index is 0.167. The summed E-state index contributed by atoms with van der Waals surface area (Å²) in [6.45, 7) is 2.44. The first-order chi connectivity index (χ1) is 14.5. The Hall–Kier alpha value is -3.38. The number of ether oxygens (including phenoxy) is 1. The Morgan fingerprint density at radius 1 is 0.967 bits per heavy atom. The predicted octanol–water partition coefficient (Wildman–Crippen LogP) is 5.00. The molecule has 0 saturated carbocycles. The van der Waals surface area contributed by atoms with E-state index in [0.29, 0.717) is 12.2 Å². The highest BCUT2D eigenvalue weighted by Gasteiger charge is 2.23. The first-order valence-corrected chi connectivity index (χ1v) is 11.0. The Labute approximate surface area is 176 Å². The molecule has 1 aromatic heterocycles. The second-order valence-corrected chi connectivity index (χ2v) is 8.95. The Bertz CT molecular complexity index is 1290. The zero-order chi connectivity index (χ0) is 21.1. The first kappa shape index (κ1) is 19.9. The highest BCUT2D eigenvalue weighted by atomic mass is 32.2. The lowest BCUT2D eigenvalue weighted by Gasteiger charge is -2.16. The van der Waals surface area contributed by atoms with Crippen molar-refractivity contribution in [1.29, 1.82) is 0 Å². The second-order valence-electron chi connectivity index (χ2n) is 7.04. The molecule has 1 N–H and O–H groups in total. The van der Waals surface area contributed by atoms with Crippen molar-refractivity contribution in [1.82, 2.24) is 4.98 Å². The van der Waals surface area contributed by atoms with Crippen LogP contribution >= 0.6 is 0 Å². The number of pyridine rings is 1. The lowest BCUT2D eigenvalue weighted by molar-refractivity contribution is 0.414. The molecule has 30 heavy (non-hydrogen) atoms. The molecular weight excluding hydrogens is 396 g/mol. The van der Waals surface area contributed by atoms with Crippen LogP contribution in [0.25, 0.3) is 10.9 Å². The van der Waals surface area contributed by atoms with E-state index in [1.807, 2.05) is 49.4 Å². The molecule has 0 radical (unpaired) electrons. The van der Waals surface area contributed by atoms with E-state index in [-0.39, 0.29) is 9.79 Å². The molecule has 3 aromatic carbocycles. The van der Waals surface area contributed by atoms with Crippen LogP contribution in [-0.4, -0.2) is 20.5 Å². The maximum atomic E-state index is 13.4. The smallest absolute Gasteiger partial charge is 0.210 e. The molecule has 0 aliphatic carbocycles. The standard InChI is InChI=1S/C24H22N2O3S/c1-17-8-13-22-21(14-17)24(26-15-18-9-11-19(29-2)12-10-18)23(16-25-22)30(27,28)20-6-4-3-5-7-20/h3-14,16H,15H2,1-2H3,(H,25,26). The van der Waals surface area contributed by atoms with Crippen molar-refractivity contribution >= 4 is 26.4 Å². The molecule has 0 aliphatic heterocycles. The molecule has 0 aliphatic rings. The SMILES string of the molecule is COc1ccc(CNc2c(S(=O)(=O)c3ccccc3)cnc3ccc(C)cc23)cc1. The van der Waals surface area contributed by atoms with Crippen molar-refractivity contribution in [3.63, 3.8) is 0 Å². The molecule has 0 saturated heterocycles. The van der Waals surface area contributed by atoms with Crippen LogP contribution in [0.5, 0.6) is 5.75 Å². The summed E-state index contributed by atoms with van der Waals surface area (Å²) in [5, 5.41) is 4.13. The van der Waals surface area contributed by atoms with E-state index in [9.17, 15) is 8.42 Å². The molecule has 0 unspecified atom stereocenters. The number of aryl methyl sites for hydroxylation is 1. The average Bonchev–Trinajstić information content (AvgIpc) is 2.78. The normalized spacial score (nSPS) is 11.4. The van der Waals surface area contributed by atoms with Gasteiger partial charge in [0, 0.05) is 18.1 Å². The number of aromatic nitrogens is 1. The Morgan fingerprint density at radius 3 is 2.40 bits per heavy atom. The lowest BCUT2D eigenvalue weighted by Crippen LogP contribution is -2.09. The number of benzene rings is 3. The maximum Gasteiger partial charge on any atom is 0.210 e. The largest absolute Gasteiger partial charge is 0.497 e. The summed E-state index contributed by atoms with van der Waals surface area (Å²) in [5.74, 6) is 0.774. The van der Waals surface area contributed by atoms with E-state index in [4.69, 9.17) is 4.74 Å². The molecular formula is C24H22N2O3S. The number of hydrogen-bond acceptors (Lipinski definition) is 5. The molecule has 0 bridgehead atoms. The zero-order valence-electron chi connectivity index (χ0n) is 16.8. The van der Waals surface area contributed by atoms with E-state index in [1.54, 1.807) is 37.4 Å². The molecule has 4 rings (SSSR count). The van der Waals surface area contributed by atoms with Crippen LogP contribution in [0.2, 0.25) is 0 Å². The second kappa shape index (κ2) is 8.16. The number of sulfone groups is 1. The fourth-order valence-corrected chi connectivity index (χ4v) is 4.75. The third-order valence-corrected chi connectivity index (χ3v) is 6.74.